The van der Waals surface area contributed by atoms with E-state index in [1.807, 2.05) is 0 Å². The van der Waals surface area contributed by atoms with E-state index < -0.39 is 34.1 Å². The summed E-state index contributed by atoms with van der Waals surface area (Å²) in [6, 6.07) is 15.1. The molecule has 0 saturated carbocycles. The summed E-state index contributed by atoms with van der Waals surface area (Å²) in [5.41, 5.74) is 0.389. The van der Waals surface area contributed by atoms with Crippen LogP contribution in [-0.4, -0.2) is 25.2 Å². The number of hydrogen-bond donors (Lipinski definition) is 1. The zero-order chi connectivity index (χ0) is 22.6. The second kappa shape index (κ2) is 9.86. The van der Waals surface area contributed by atoms with E-state index in [4.69, 9.17) is 11.6 Å². The summed E-state index contributed by atoms with van der Waals surface area (Å²) in [5, 5.41) is 2.64. The van der Waals surface area contributed by atoms with Crippen molar-refractivity contribution < 1.29 is 22.0 Å². The number of nitrogens with zero attached hydrogens (tertiary/aromatic N) is 1. The first kappa shape index (κ1) is 23.3. The molecule has 10 heteroatoms. The van der Waals surface area contributed by atoms with Gasteiger partial charge in [-0.15, -0.1) is 0 Å². The van der Waals surface area contributed by atoms with Gasteiger partial charge in [0.05, 0.1) is 17.1 Å². The zero-order valence-corrected chi connectivity index (χ0v) is 19.0. The molecule has 0 aliphatic heterocycles. The summed E-state index contributed by atoms with van der Waals surface area (Å²) in [7, 11) is -4.08. The Balaban J connectivity index is 1.88. The van der Waals surface area contributed by atoms with Crippen LogP contribution in [0.25, 0.3) is 0 Å². The third-order valence-corrected chi connectivity index (χ3v) is 6.84. The van der Waals surface area contributed by atoms with Crippen molar-refractivity contribution in [1.82, 2.24) is 4.31 Å². The molecule has 1 N–H and O–H groups in total. The first-order valence-electron chi connectivity index (χ1n) is 8.90. The molecule has 0 bridgehead atoms. The summed E-state index contributed by atoms with van der Waals surface area (Å²) in [6.07, 6.45) is 0. The summed E-state index contributed by atoms with van der Waals surface area (Å²) in [4.78, 5) is 12.5. The quantitative estimate of drug-likeness (QED) is 0.457. The molecule has 0 radical (unpaired) electrons. The van der Waals surface area contributed by atoms with Gasteiger partial charge in [0.15, 0.2) is 0 Å². The molecular formula is C21H16BrClF2N2O3S. The first-order chi connectivity index (χ1) is 14.6. The summed E-state index contributed by atoms with van der Waals surface area (Å²) < 4.78 is 55.1. The number of carbonyl (C=O) groups excluding carboxylic acids is 1. The average molecular weight is 530 g/mol. The van der Waals surface area contributed by atoms with E-state index >= 15 is 0 Å². The first-order valence-corrected chi connectivity index (χ1v) is 11.5. The van der Waals surface area contributed by atoms with Crippen LogP contribution in [0.5, 0.6) is 0 Å². The summed E-state index contributed by atoms with van der Waals surface area (Å²) in [5.74, 6) is -2.54. The molecule has 162 valence electrons. The fraction of sp³-hybridized carbons (Fsp3) is 0.0952. The van der Waals surface area contributed by atoms with Crippen molar-refractivity contribution in [2.24, 2.45) is 0 Å². The molecule has 0 heterocycles. The minimum atomic E-state index is -4.08. The average Bonchev–Trinajstić information content (AvgIpc) is 2.71. The molecule has 5 nitrogen and oxygen atoms in total. The van der Waals surface area contributed by atoms with Crippen LogP contribution in [0.15, 0.2) is 76.1 Å². The van der Waals surface area contributed by atoms with Gasteiger partial charge in [-0.05, 0) is 54.1 Å². The van der Waals surface area contributed by atoms with Crippen LogP contribution in [0.3, 0.4) is 0 Å². The van der Waals surface area contributed by atoms with Gasteiger partial charge in [0.25, 0.3) is 0 Å². The van der Waals surface area contributed by atoms with Gasteiger partial charge in [0.1, 0.15) is 11.6 Å². The number of hydrogen-bond acceptors (Lipinski definition) is 3. The number of halogens is 4. The lowest BCUT2D eigenvalue weighted by molar-refractivity contribution is -0.116. The molecule has 3 aromatic carbocycles. The molecule has 0 atom stereocenters. The topological polar surface area (TPSA) is 66.5 Å². The molecule has 0 fully saturated rings. The Bertz CT molecular complexity index is 1190. The Kier molecular flexibility index (Phi) is 7.42. The molecule has 0 aromatic heterocycles. The lowest BCUT2D eigenvalue weighted by Gasteiger charge is -2.22. The lowest BCUT2D eigenvalue weighted by atomic mass is 10.2. The van der Waals surface area contributed by atoms with Crippen molar-refractivity contribution >= 4 is 49.1 Å². The zero-order valence-electron chi connectivity index (χ0n) is 15.9. The number of amides is 1. The van der Waals surface area contributed by atoms with Crippen LogP contribution in [0.4, 0.5) is 14.5 Å². The van der Waals surface area contributed by atoms with Crippen molar-refractivity contribution in [3.05, 3.63) is 93.4 Å². The van der Waals surface area contributed by atoms with Crippen LogP contribution in [0.1, 0.15) is 5.56 Å². The predicted octanol–water partition coefficient (Wildman–Crippen LogP) is 5.21. The van der Waals surface area contributed by atoms with E-state index in [2.05, 4.69) is 21.2 Å². The highest BCUT2D eigenvalue weighted by atomic mass is 79.9. The standard InChI is InChI=1S/C21H16BrClF2N2O3S/c22-15-3-1-14(2-4-15)12-27(31(29,30)18-8-5-16(23)6-9-18)13-21(28)26-20-10-7-17(24)11-19(20)25/h1-11H,12-13H2,(H,26,28). The molecule has 3 aromatic rings. The van der Waals surface area contributed by atoms with Gasteiger partial charge in [-0.1, -0.05) is 39.7 Å². The predicted molar refractivity (Wildman–Crippen MR) is 118 cm³/mol. The number of sulfonamides is 1. The molecule has 0 unspecified atom stereocenters. The van der Waals surface area contributed by atoms with Crippen molar-refractivity contribution in [3.8, 4) is 0 Å². The Hall–Kier alpha value is -2.33. The second-order valence-corrected chi connectivity index (χ2v) is 9.82. The third-order valence-electron chi connectivity index (χ3n) is 4.25. The van der Waals surface area contributed by atoms with Gasteiger partial charge in [-0.3, -0.25) is 4.79 Å². The van der Waals surface area contributed by atoms with Crippen LogP contribution >= 0.6 is 27.5 Å². The smallest absolute Gasteiger partial charge is 0.243 e. The van der Waals surface area contributed by atoms with E-state index in [1.54, 1.807) is 24.3 Å². The molecular weight excluding hydrogens is 514 g/mol. The van der Waals surface area contributed by atoms with Gasteiger partial charge in [0.2, 0.25) is 15.9 Å². The molecule has 0 aliphatic carbocycles. The number of carbonyl (C=O) groups is 1. The van der Waals surface area contributed by atoms with E-state index in [0.29, 0.717) is 16.7 Å². The molecule has 3 rings (SSSR count). The van der Waals surface area contributed by atoms with Crippen LogP contribution < -0.4 is 5.32 Å². The van der Waals surface area contributed by atoms with Gasteiger partial charge in [-0.2, -0.15) is 4.31 Å². The normalized spacial score (nSPS) is 11.5. The molecule has 1 amide bonds. The summed E-state index contributed by atoms with van der Waals surface area (Å²) in [6.45, 7) is -0.685. The van der Waals surface area contributed by atoms with Crippen LogP contribution in [0, 0.1) is 11.6 Å². The Labute approximate surface area is 191 Å². The van der Waals surface area contributed by atoms with Crippen molar-refractivity contribution in [1.29, 1.82) is 0 Å². The van der Waals surface area contributed by atoms with E-state index in [9.17, 15) is 22.0 Å². The largest absolute Gasteiger partial charge is 0.322 e. The number of nitrogens with one attached hydrogen (secondary N) is 1. The molecule has 31 heavy (non-hydrogen) atoms. The van der Waals surface area contributed by atoms with Crippen molar-refractivity contribution in [2.75, 3.05) is 11.9 Å². The van der Waals surface area contributed by atoms with Gasteiger partial charge < -0.3 is 5.32 Å². The lowest BCUT2D eigenvalue weighted by Crippen LogP contribution is -2.37. The molecule has 0 saturated heterocycles. The Morgan fingerprint density at radius 1 is 1.00 bits per heavy atom. The molecule has 0 spiro atoms. The maximum atomic E-state index is 13.9. The monoisotopic (exact) mass is 528 g/mol. The number of anilines is 1. The summed E-state index contributed by atoms with van der Waals surface area (Å²) >= 11 is 9.16. The van der Waals surface area contributed by atoms with Gasteiger partial charge >= 0.3 is 0 Å². The third kappa shape index (κ3) is 6.10. The highest BCUT2D eigenvalue weighted by Gasteiger charge is 2.27. The van der Waals surface area contributed by atoms with E-state index in [1.165, 1.54) is 24.3 Å². The highest BCUT2D eigenvalue weighted by Crippen LogP contribution is 2.22. The maximum Gasteiger partial charge on any atom is 0.243 e. The number of rotatable bonds is 7. The Morgan fingerprint density at radius 3 is 2.26 bits per heavy atom. The minimum absolute atomic E-state index is 0.0465. The fourth-order valence-corrected chi connectivity index (χ4v) is 4.49. The highest BCUT2D eigenvalue weighted by molar-refractivity contribution is 9.10. The van der Waals surface area contributed by atoms with Gasteiger partial charge in [0, 0.05) is 22.1 Å². The minimum Gasteiger partial charge on any atom is -0.322 e. The number of benzene rings is 3. The fourth-order valence-electron chi connectivity index (χ4n) is 2.72. The van der Waals surface area contributed by atoms with Crippen molar-refractivity contribution in [3.63, 3.8) is 0 Å². The SMILES string of the molecule is O=C(CN(Cc1ccc(Br)cc1)S(=O)(=O)c1ccc(Cl)cc1)Nc1ccc(F)cc1F. The second-order valence-electron chi connectivity index (χ2n) is 6.53. The van der Waals surface area contributed by atoms with Crippen LogP contribution in [-0.2, 0) is 21.4 Å². The van der Waals surface area contributed by atoms with Crippen molar-refractivity contribution in [2.45, 2.75) is 11.4 Å². The maximum absolute atomic E-state index is 13.9. The van der Waals surface area contributed by atoms with Crippen LogP contribution in [0.2, 0.25) is 5.02 Å². The molecule has 0 aliphatic rings. The Morgan fingerprint density at radius 2 is 1.65 bits per heavy atom. The van der Waals surface area contributed by atoms with E-state index in [0.717, 1.165) is 20.9 Å². The van der Waals surface area contributed by atoms with E-state index in [-0.39, 0.29) is 17.1 Å². The van der Waals surface area contributed by atoms with Gasteiger partial charge in [-0.25, -0.2) is 17.2 Å².